The Morgan fingerprint density at radius 2 is 1.95 bits per heavy atom. The molecule has 0 fully saturated rings. The molecule has 1 aromatic rings. The van der Waals surface area contributed by atoms with Crippen LogP contribution in [0.1, 0.15) is 38.7 Å². The molecule has 0 aliphatic rings. The Bertz CT molecular complexity index is 445. The molecule has 0 saturated carbocycles. The molecular weight excluding hydrogens is 262 g/mol. The van der Waals surface area contributed by atoms with E-state index in [4.69, 9.17) is 0 Å². The summed E-state index contributed by atoms with van der Waals surface area (Å²) >= 11 is 0. The van der Waals surface area contributed by atoms with Gasteiger partial charge in [-0.15, -0.1) is 0 Å². The summed E-state index contributed by atoms with van der Waals surface area (Å²) in [5, 5.41) is 5.19. The number of quaternary nitrogens is 2. The normalized spacial score (nSPS) is 14.0. The second kappa shape index (κ2) is 8.80. The first-order valence-corrected chi connectivity index (χ1v) is 7.97. The summed E-state index contributed by atoms with van der Waals surface area (Å²) in [6.45, 7) is 8.35. The maximum atomic E-state index is 12.3. The number of amides is 1. The summed E-state index contributed by atoms with van der Waals surface area (Å²) in [6.07, 6.45) is 1.07. The van der Waals surface area contributed by atoms with Crippen molar-refractivity contribution in [2.24, 2.45) is 0 Å². The topological polar surface area (TPSA) is 50.1 Å². The molecule has 0 spiro atoms. The van der Waals surface area contributed by atoms with Crippen LogP contribution in [-0.4, -0.2) is 39.1 Å². The standard InChI is InChI=1S/C17H29N3O/c1-6-13(2)15-9-7-8-10-16(15)19-17(21)14(3)18-11-12-20(4)5/h7-10,13-14,18H,6,11-12H2,1-5H3,(H,19,21)/p+2/t13-,14+/m1/s1. The van der Waals surface area contributed by atoms with Crippen LogP contribution in [0, 0.1) is 0 Å². The number of carbonyl (C=O) groups is 1. The second-order valence-electron chi connectivity index (χ2n) is 6.16. The number of para-hydroxylation sites is 1. The zero-order chi connectivity index (χ0) is 15.8. The van der Waals surface area contributed by atoms with E-state index in [9.17, 15) is 4.79 Å². The highest BCUT2D eigenvalue weighted by Gasteiger charge is 2.18. The lowest BCUT2D eigenvalue weighted by Gasteiger charge is -2.17. The molecule has 0 bridgehead atoms. The first-order chi connectivity index (χ1) is 9.95. The number of likely N-dealkylation sites (N-methyl/N-ethyl adjacent to an activating group) is 1. The predicted octanol–water partition coefficient (Wildman–Crippen LogP) is 0.235. The minimum absolute atomic E-state index is 0.0608. The summed E-state index contributed by atoms with van der Waals surface area (Å²) in [4.78, 5) is 13.7. The molecule has 0 heterocycles. The monoisotopic (exact) mass is 293 g/mol. The summed E-state index contributed by atoms with van der Waals surface area (Å²) in [7, 11) is 4.25. The van der Waals surface area contributed by atoms with Gasteiger partial charge in [-0.2, -0.15) is 0 Å². The highest BCUT2D eigenvalue weighted by Crippen LogP contribution is 2.26. The van der Waals surface area contributed by atoms with E-state index in [-0.39, 0.29) is 11.9 Å². The molecule has 4 N–H and O–H groups in total. The molecule has 21 heavy (non-hydrogen) atoms. The van der Waals surface area contributed by atoms with Crippen LogP contribution >= 0.6 is 0 Å². The summed E-state index contributed by atoms with van der Waals surface area (Å²) < 4.78 is 0. The summed E-state index contributed by atoms with van der Waals surface area (Å²) in [5.74, 6) is 0.539. The lowest BCUT2D eigenvalue weighted by atomic mass is 9.97. The maximum absolute atomic E-state index is 12.3. The van der Waals surface area contributed by atoms with Crippen LogP contribution in [-0.2, 0) is 4.79 Å². The Morgan fingerprint density at radius 1 is 1.29 bits per heavy atom. The smallest absolute Gasteiger partial charge is 0.282 e. The van der Waals surface area contributed by atoms with Gasteiger partial charge in [-0.25, -0.2) is 0 Å². The van der Waals surface area contributed by atoms with Crippen molar-refractivity contribution in [2.75, 3.05) is 32.5 Å². The fourth-order valence-electron chi connectivity index (χ4n) is 2.24. The number of nitrogens with two attached hydrogens (primary N) is 1. The third kappa shape index (κ3) is 5.86. The lowest BCUT2D eigenvalue weighted by Crippen LogP contribution is -3.10. The maximum Gasteiger partial charge on any atom is 0.282 e. The van der Waals surface area contributed by atoms with Gasteiger partial charge in [-0.05, 0) is 30.9 Å². The van der Waals surface area contributed by atoms with Crippen molar-refractivity contribution in [1.29, 1.82) is 0 Å². The van der Waals surface area contributed by atoms with Gasteiger partial charge in [-0.1, -0.05) is 32.0 Å². The zero-order valence-corrected chi connectivity index (χ0v) is 14.1. The molecule has 4 nitrogen and oxygen atoms in total. The summed E-state index contributed by atoms with van der Waals surface area (Å²) in [5.41, 5.74) is 2.17. The van der Waals surface area contributed by atoms with Crippen molar-refractivity contribution in [2.45, 2.75) is 39.2 Å². The zero-order valence-electron chi connectivity index (χ0n) is 14.1. The van der Waals surface area contributed by atoms with E-state index in [1.807, 2.05) is 25.1 Å². The van der Waals surface area contributed by atoms with Crippen LogP contribution in [0.25, 0.3) is 0 Å². The fraction of sp³-hybridized carbons (Fsp3) is 0.588. The van der Waals surface area contributed by atoms with E-state index in [2.05, 4.69) is 44.6 Å². The van der Waals surface area contributed by atoms with Crippen LogP contribution < -0.4 is 15.5 Å². The van der Waals surface area contributed by atoms with Crippen molar-refractivity contribution >= 4 is 11.6 Å². The third-order valence-electron chi connectivity index (χ3n) is 3.94. The molecule has 1 rings (SSSR count). The SMILES string of the molecule is CC[C@@H](C)c1ccccc1NC(=O)[C@H](C)[NH2+]CC[NH+](C)C. The number of nitrogens with one attached hydrogen (secondary N) is 2. The van der Waals surface area contributed by atoms with Gasteiger partial charge in [0.05, 0.1) is 14.1 Å². The van der Waals surface area contributed by atoms with Crippen LogP contribution in [0.15, 0.2) is 24.3 Å². The first-order valence-electron chi connectivity index (χ1n) is 7.97. The van der Waals surface area contributed by atoms with Gasteiger partial charge in [0, 0.05) is 5.69 Å². The van der Waals surface area contributed by atoms with Gasteiger partial charge in [-0.3, -0.25) is 4.79 Å². The molecule has 118 valence electrons. The molecule has 0 aliphatic heterocycles. The third-order valence-corrected chi connectivity index (χ3v) is 3.94. The first kappa shape index (κ1) is 17.7. The van der Waals surface area contributed by atoms with Crippen LogP contribution in [0.5, 0.6) is 0 Å². The number of anilines is 1. The minimum atomic E-state index is -0.0608. The molecule has 0 radical (unpaired) electrons. The molecule has 0 unspecified atom stereocenters. The highest BCUT2D eigenvalue weighted by atomic mass is 16.2. The molecule has 1 amide bonds. The number of rotatable bonds is 8. The average Bonchev–Trinajstić information content (AvgIpc) is 2.46. The van der Waals surface area contributed by atoms with Gasteiger partial charge in [0.1, 0.15) is 13.1 Å². The molecule has 1 aromatic carbocycles. The summed E-state index contributed by atoms with van der Waals surface area (Å²) in [6, 6.07) is 8.05. The van der Waals surface area contributed by atoms with E-state index in [1.54, 1.807) is 0 Å². The van der Waals surface area contributed by atoms with Crippen LogP contribution in [0.3, 0.4) is 0 Å². The second-order valence-corrected chi connectivity index (χ2v) is 6.16. The molecular formula is C17H31N3O+2. The molecule has 0 saturated heterocycles. The highest BCUT2D eigenvalue weighted by molar-refractivity contribution is 5.94. The van der Waals surface area contributed by atoms with Gasteiger partial charge < -0.3 is 15.5 Å². The van der Waals surface area contributed by atoms with Gasteiger partial charge in [0.25, 0.3) is 5.91 Å². The largest absolute Gasteiger partial charge is 0.335 e. The number of hydrogen-bond donors (Lipinski definition) is 3. The number of hydrogen-bond acceptors (Lipinski definition) is 1. The van der Waals surface area contributed by atoms with E-state index >= 15 is 0 Å². The van der Waals surface area contributed by atoms with Gasteiger partial charge >= 0.3 is 0 Å². The predicted molar refractivity (Wildman–Crippen MR) is 87.7 cm³/mol. The van der Waals surface area contributed by atoms with Crippen molar-refractivity contribution in [3.8, 4) is 0 Å². The fourth-order valence-corrected chi connectivity index (χ4v) is 2.24. The van der Waals surface area contributed by atoms with Gasteiger partial charge in [0.2, 0.25) is 0 Å². The van der Waals surface area contributed by atoms with E-state index < -0.39 is 0 Å². The quantitative estimate of drug-likeness (QED) is 0.632. The van der Waals surface area contributed by atoms with Crippen LogP contribution in [0.2, 0.25) is 0 Å². The Labute approximate surface area is 128 Å². The number of carbonyl (C=O) groups excluding carboxylic acids is 1. The molecule has 4 heteroatoms. The molecule has 2 atom stereocenters. The number of benzene rings is 1. The van der Waals surface area contributed by atoms with Crippen molar-refractivity contribution in [3.63, 3.8) is 0 Å². The van der Waals surface area contributed by atoms with Crippen LogP contribution in [0.4, 0.5) is 5.69 Å². The Morgan fingerprint density at radius 3 is 2.57 bits per heavy atom. The lowest BCUT2D eigenvalue weighted by molar-refractivity contribution is -0.875. The van der Waals surface area contributed by atoms with E-state index in [1.165, 1.54) is 10.5 Å². The molecule has 0 aromatic heterocycles. The van der Waals surface area contributed by atoms with E-state index in [0.717, 1.165) is 25.2 Å². The van der Waals surface area contributed by atoms with Crippen molar-refractivity contribution in [3.05, 3.63) is 29.8 Å². The molecule has 0 aliphatic carbocycles. The average molecular weight is 293 g/mol. The Hall–Kier alpha value is -1.39. The van der Waals surface area contributed by atoms with Gasteiger partial charge in [0.15, 0.2) is 6.04 Å². The minimum Gasteiger partial charge on any atom is -0.335 e. The Kier molecular flexibility index (Phi) is 7.40. The Balaban J connectivity index is 2.62. The van der Waals surface area contributed by atoms with E-state index in [0.29, 0.717) is 5.92 Å². The van der Waals surface area contributed by atoms with Crippen molar-refractivity contribution in [1.82, 2.24) is 0 Å². The van der Waals surface area contributed by atoms with Crippen molar-refractivity contribution < 1.29 is 15.0 Å².